The maximum absolute atomic E-state index is 12.3. The highest BCUT2D eigenvalue weighted by Crippen LogP contribution is 2.26. The van der Waals surface area contributed by atoms with Crippen LogP contribution in [0.25, 0.3) is 0 Å². The van der Waals surface area contributed by atoms with E-state index >= 15 is 0 Å². The van der Waals surface area contributed by atoms with Crippen LogP contribution in [-0.2, 0) is 0 Å². The molecule has 5 heteroatoms. The summed E-state index contributed by atoms with van der Waals surface area (Å²) in [4.78, 5) is 14.0. The SMILES string of the molecule is CC(O)C1CCN(C(=O)c2ccc(Br)cc2Cl)C1. The monoisotopic (exact) mass is 331 g/mol. The maximum atomic E-state index is 12.3. The van der Waals surface area contributed by atoms with Gasteiger partial charge in [0.25, 0.3) is 5.91 Å². The Labute approximate surface area is 120 Å². The number of carbonyl (C=O) groups is 1. The Bertz CT molecular complexity index is 464. The molecule has 3 nitrogen and oxygen atoms in total. The van der Waals surface area contributed by atoms with E-state index in [1.807, 2.05) is 0 Å². The number of nitrogens with zero attached hydrogens (tertiary/aromatic N) is 1. The van der Waals surface area contributed by atoms with Crippen molar-refractivity contribution in [3.63, 3.8) is 0 Å². The van der Waals surface area contributed by atoms with Crippen LogP contribution in [0.3, 0.4) is 0 Å². The Kier molecular flexibility index (Phi) is 4.30. The molecule has 2 unspecified atom stereocenters. The third-order valence-electron chi connectivity index (χ3n) is 3.36. The highest BCUT2D eigenvalue weighted by atomic mass is 79.9. The molecule has 1 aromatic rings. The van der Waals surface area contributed by atoms with Gasteiger partial charge in [0, 0.05) is 23.5 Å². The van der Waals surface area contributed by atoms with Gasteiger partial charge in [0.05, 0.1) is 16.7 Å². The summed E-state index contributed by atoms with van der Waals surface area (Å²) in [6, 6.07) is 5.25. The smallest absolute Gasteiger partial charge is 0.255 e. The molecule has 1 aliphatic rings. The van der Waals surface area contributed by atoms with Crippen molar-refractivity contribution >= 4 is 33.4 Å². The van der Waals surface area contributed by atoms with Crippen molar-refractivity contribution in [2.75, 3.05) is 13.1 Å². The zero-order valence-electron chi connectivity index (χ0n) is 10.1. The lowest BCUT2D eigenvalue weighted by atomic mass is 10.0. The highest BCUT2D eigenvalue weighted by molar-refractivity contribution is 9.10. The fourth-order valence-electron chi connectivity index (χ4n) is 2.20. The first-order chi connectivity index (χ1) is 8.49. The first-order valence-corrected chi connectivity index (χ1v) is 7.08. The molecule has 1 saturated heterocycles. The van der Waals surface area contributed by atoms with E-state index in [0.29, 0.717) is 23.7 Å². The van der Waals surface area contributed by atoms with Crippen LogP contribution in [0.15, 0.2) is 22.7 Å². The molecule has 0 bridgehead atoms. The third-order valence-corrected chi connectivity index (χ3v) is 4.16. The first kappa shape index (κ1) is 13.8. The summed E-state index contributed by atoms with van der Waals surface area (Å²) in [5, 5.41) is 10.00. The number of hydrogen-bond donors (Lipinski definition) is 1. The van der Waals surface area contributed by atoms with E-state index < -0.39 is 0 Å². The molecular formula is C13H15BrClNO2. The summed E-state index contributed by atoms with van der Waals surface area (Å²) in [6.45, 7) is 3.05. The van der Waals surface area contributed by atoms with E-state index in [2.05, 4.69) is 15.9 Å². The van der Waals surface area contributed by atoms with Crippen LogP contribution in [0, 0.1) is 5.92 Å². The van der Waals surface area contributed by atoms with Crippen LogP contribution >= 0.6 is 27.5 Å². The van der Waals surface area contributed by atoms with Crippen molar-refractivity contribution in [1.29, 1.82) is 0 Å². The number of likely N-dealkylation sites (tertiary alicyclic amines) is 1. The second-order valence-electron chi connectivity index (χ2n) is 4.66. The lowest BCUT2D eigenvalue weighted by Crippen LogP contribution is -2.30. The van der Waals surface area contributed by atoms with Gasteiger partial charge in [-0.1, -0.05) is 27.5 Å². The predicted molar refractivity (Wildman–Crippen MR) is 74.8 cm³/mol. The number of carbonyl (C=O) groups excluding carboxylic acids is 1. The molecule has 1 heterocycles. The molecule has 0 aliphatic carbocycles. The van der Waals surface area contributed by atoms with Crippen molar-refractivity contribution in [2.45, 2.75) is 19.4 Å². The minimum absolute atomic E-state index is 0.0596. The molecule has 0 radical (unpaired) electrons. The van der Waals surface area contributed by atoms with E-state index in [1.165, 1.54) is 0 Å². The lowest BCUT2D eigenvalue weighted by molar-refractivity contribution is 0.0762. The van der Waals surface area contributed by atoms with Crippen molar-refractivity contribution in [3.05, 3.63) is 33.3 Å². The zero-order chi connectivity index (χ0) is 13.3. The van der Waals surface area contributed by atoms with Crippen molar-refractivity contribution in [1.82, 2.24) is 4.90 Å². The number of rotatable bonds is 2. The molecule has 0 saturated carbocycles. The minimum atomic E-state index is -0.372. The molecule has 0 spiro atoms. The number of amides is 1. The largest absolute Gasteiger partial charge is 0.393 e. The van der Waals surface area contributed by atoms with Crippen molar-refractivity contribution in [2.24, 2.45) is 5.92 Å². The predicted octanol–water partition coefficient (Wildman–Crippen LogP) is 2.95. The van der Waals surface area contributed by atoms with Gasteiger partial charge in [-0.05, 0) is 31.5 Å². The van der Waals surface area contributed by atoms with E-state index in [-0.39, 0.29) is 17.9 Å². The summed E-state index contributed by atoms with van der Waals surface area (Å²) in [5.41, 5.74) is 0.520. The average molecular weight is 333 g/mol. The average Bonchev–Trinajstić information content (AvgIpc) is 2.77. The van der Waals surface area contributed by atoms with Crippen LogP contribution in [0.5, 0.6) is 0 Å². The molecule has 2 rings (SSSR count). The molecule has 98 valence electrons. The van der Waals surface area contributed by atoms with Gasteiger partial charge in [0.1, 0.15) is 0 Å². The van der Waals surface area contributed by atoms with Crippen LogP contribution in [0.2, 0.25) is 5.02 Å². The molecule has 1 aromatic carbocycles. The number of hydrogen-bond acceptors (Lipinski definition) is 2. The Morgan fingerprint density at radius 2 is 2.33 bits per heavy atom. The highest BCUT2D eigenvalue weighted by Gasteiger charge is 2.30. The molecule has 1 fully saturated rings. The van der Waals surface area contributed by atoms with Gasteiger partial charge in [-0.3, -0.25) is 4.79 Å². The quantitative estimate of drug-likeness (QED) is 0.904. The molecule has 1 aliphatic heterocycles. The van der Waals surface area contributed by atoms with Gasteiger partial charge in [-0.15, -0.1) is 0 Å². The summed E-state index contributed by atoms with van der Waals surface area (Å²) in [7, 11) is 0. The summed E-state index contributed by atoms with van der Waals surface area (Å²) in [6.07, 6.45) is 0.473. The maximum Gasteiger partial charge on any atom is 0.255 e. The van der Waals surface area contributed by atoms with Gasteiger partial charge in [0.2, 0.25) is 0 Å². The van der Waals surface area contributed by atoms with Crippen LogP contribution < -0.4 is 0 Å². The van der Waals surface area contributed by atoms with Gasteiger partial charge >= 0.3 is 0 Å². The normalized spacial score (nSPS) is 21.1. The Morgan fingerprint density at radius 1 is 1.61 bits per heavy atom. The van der Waals surface area contributed by atoms with Gasteiger partial charge < -0.3 is 10.0 Å². The summed E-state index contributed by atoms with van der Waals surface area (Å²) >= 11 is 9.39. The Balaban J connectivity index is 2.13. The van der Waals surface area contributed by atoms with Crippen LogP contribution in [-0.4, -0.2) is 35.1 Å². The topological polar surface area (TPSA) is 40.5 Å². The third kappa shape index (κ3) is 2.87. The van der Waals surface area contributed by atoms with E-state index in [0.717, 1.165) is 10.9 Å². The fourth-order valence-corrected chi connectivity index (χ4v) is 2.95. The van der Waals surface area contributed by atoms with Crippen LogP contribution in [0.1, 0.15) is 23.7 Å². The van der Waals surface area contributed by atoms with Gasteiger partial charge in [-0.25, -0.2) is 0 Å². The summed E-state index contributed by atoms with van der Waals surface area (Å²) < 4.78 is 0.854. The fraction of sp³-hybridized carbons (Fsp3) is 0.462. The summed E-state index contributed by atoms with van der Waals surface area (Å²) in [5.74, 6) is 0.110. The number of aliphatic hydroxyl groups excluding tert-OH is 1. The van der Waals surface area contributed by atoms with Gasteiger partial charge in [0.15, 0.2) is 0 Å². The zero-order valence-corrected chi connectivity index (χ0v) is 12.4. The van der Waals surface area contributed by atoms with E-state index in [9.17, 15) is 9.90 Å². The second-order valence-corrected chi connectivity index (χ2v) is 5.99. The lowest BCUT2D eigenvalue weighted by Gasteiger charge is -2.18. The molecule has 0 aromatic heterocycles. The minimum Gasteiger partial charge on any atom is -0.393 e. The van der Waals surface area contributed by atoms with Crippen molar-refractivity contribution in [3.8, 4) is 0 Å². The number of benzene rings is 1. The second kappa shape index (κ2) is 5.59. The Morgan fingerprint density at radius 3 is 2.89 bits per heavy atom. The molecule has 1 N–H and O–H groups in total. The number of aliphatic hydroxyl groups is 1. The molecule has 2 atom stereocenters. The molecule has 1 amide bonds. The number of halogens is 2. The standard InChI is InChI=1S/C13H15BrClNO2/c1-8(17)9-4-5-16(7-9)13(18)11-3-2-10(14)6-12(11)15/h2-3,6,8-9,17H,4-5,7H2,1H3. The first-order valence-electron chi connectivity index (χ1n) is 5.91. The van der Waals surface area contributed by atoms with E-state index in [4.69, 9.17) is 11.6 Å². The van der Waals surface area contributed by atoms with E-state index in [1.54, 1.807) is 30.0 Å². The van der Waals surface area contributed by atoms with Gasteiger partial charge in [-0.2, -0.15) is 0 Å². The van der Waals surface area contributed by atoms with Crippen LogP contribution in [0.4, 0.5) is 0 Å². The Hall–Kier alpha value is -0.580. The molecule has 18 heavy (non-hydrogen) atoms. The van der Waals surface area contributed by atoms with Crippen molar-refractivity contribution < 1.29 is 9.90 Å². The molecular weight excluding hydrogens is 318 g/mol.